The molecule has 78 valence electrons. The van der Waals surface area contributed by atoms with E-state index in [1.807, 2.05) is 0 Å². The second-order valence-corrected chi connectivity index (χ2v) is 3.74. The minimum absolute atomic E-state index is 0.420. The highest BCUT2D eigenvalue weighted by atomic mass is 16.6. The number of ether oxygens (including phenoxy) is 1. The summed E-state index contributed by atoms with van der Waals surface area (Å²) in [5.41, 5.74) is 0. The van der Waals surface area contributed by atoms with Crippen LogP contribution in [0.4, 0.5) is 0 Å². The Balaban J connectivity index is 3.26. The molecule has 0 aliphatic rings. The molecule has 0 rings (SSSR count). The fourth-order valence-corrected chi connectivity index (χ4v) is 1.12. The number of hydrogen-bond acceptors (Lipinski definition) is 3. The number of carbonyl (C=O) groups excluding carboxylic acids is 1. The molecule has 0 aromatic rings. The summed E-state index contributed by atoms with van der Waals surface area (Å²) in [4.78, 5) is 10.4. The van der Waals surface area contributed by atoms with Crippen molar-refractivity contribution >= 4 is 5.97 Å². The summed E-state index contributed by atoms with van der Waals surface area (Å²) < 4.78 is 4.57. The van der Waals surface area contributed by atoms with Crippen LogP contribution in [0.15, 0.2) is 0 Å². The molecule has 0 fully saturated rings. The molecule has 1 unspecified atom stereocenters. The predicted molar refractivity (Wildman–Crippen MR) is 51.1 cm³/mol. The lowest BCUT2D eigenvalue weighted by atomic mass is 10.1. The first-order valence-corrected chi connectivity index (χ1v) is 4.87. The van der Waals surface area contributed by atoms with Gasteiger partial charge in [0.25, 0.3) is 0 Å². The van der Waals surface area contributed by atoms with Crippen molar-refractivity contribution in [3.63, 3.8) is 0 Å². The van der Waals surface area contributed by atoms with Crippen molar-refractivity contribution in [2.75, 3.05) is 0 Å². The minimum Gasteiger partial charge on any atom is -0.436 e. The first-order valence-electron chi connectivity index (χ1n) is 4.87. The maximum atomic E-state index is 10.4. The van der Waals surface area contributed by atoms with E-state index in [1.54, 1.807) is 0 Å². The maximum Gasteiger partial charge on any atom is 0.304 e. The molecule has 0 aromatic carbocycles. The number of aliphatic hydroxyl groups is 1. The van der Waals surface area contributed by atoms with Crippen LogP contribution in [0.2, 0.25) is 0 Å². The summed E-state index contributed by atoms with van der Waals surface area (Å²) in [6, 6.07) is 0. The third kappa shape index (κ3) is 9.34. The van der Waals surface area contributed by atoms with E-state index in [1.165, 1.54) is 6.92 Å². The Morgan fingerprint density at radius 1 is 1.31 bits per heavy atom. The second kappa shape index (κ2) is 6.89. The van der Waals surface area contributed by atoms with E-state index in [4.69, 9.17) is 5.11 Å². The second-order valence-electron chi connectivity index (χ2n) is 3.74. The molecule has 1 atom stereocenters. The van der Waals surface area contributed by atoms with Gasteiger partial charge in [-0.25, -0.2) is 0 Å². The summed E-state index contributed by atoms with van der Waals surface area (Å²) in [5, 5.41) is 9.14. The lowest BCUT2D eigenvalue weighted by molar-refractivity contribution is -0.166. The number of hydrogen-bond donors (Lipinski definition) is 1. The van der Waals surface area contributed by atoms with Gasteiger partial charge in [0.05, 0.1) is 0 Å². The van der Waals surface area contributed by atoms with E-state index in [2.05, 4.69) is 18.6 Å². The lowest BCUT2D eigenvalue weighted by Gasteiger charge is -2.10. The van der Waals surface area contributed by atoms with Gasteiger partial charge in [-0.3, -0.25) is 4.79 Å². The fourth-order valence-electron chi connectivity index (χ4n) is 1.12. The van der Waals surface area contributed by atoms with Crippen molar-refractivity contribution in [3.8, 4) is 0 Å². The number of carbonyl (C=O) groups is 1. The maximum absolute atomic E-state index is 10.4. The van der Waals surface area contributed by atoms with Crippen molar-refractivity contribution in [1.82, 2.24) is 0 Å². The third-order valence-corrected chi connectivity index (χ3v) is 1.78. The Labute approximate surface area is 80.1 Å². The quantitative estimate of drug-likeness (QED) is 0.394. The zero-order valence-electron chi connectivity index (χ0n) is 8.75. The average Bonchev–Trinajstić information content (AvgIpc) is 1.96. The summed E-state index contributed by atoms with van der Waals surface area (Å²) in [7, 11) is 0. The van der Waals surface area contributed by atoms with E-state index >= 15 is 0 Å². The largest absolute Gasteiger partial charge is 0.436 e. The van der Waals surface area contributed by atoms with Crippen LogP contribution in [0.3, 0.4) is 0 Å². The Bertz CT molecular complexity index is 143. The van der Waals surface area contributed by atoms with Crippen LogP contribution in [0.1, 0.15) is 46.5 Å². The van der Waals surface area contributed by atoms with Gasteiger partial charge in [-0.1, -0.05) is 26.7 Å². The highest BCUT2D eigenvalue weighted by Crippen LogP contribution is 2.10. The molecule has 1 N–H and O–H groups in total. The van der Waals surface area contributed by atoms with E-state index in [0.29, 0.717) is 12.3 Å². The molecule has 0 saturated carbocycles. The highest BCUT2D eigenvalue weighted by molar-refractivity contribution is 5.65. The minimum atomic E-state index is -0.912. The summed E-state index contributed by atoms with van der Waals surface area (Å²) in [5.74, 6) is 0.280. The number of rotatable bonds is 6. The van der Waals surface area contributed by atoms with Crippen LogP contribution in [0.5, 0.6) is 0 Å². The predicted octanol–water partition coefficient (Wildman–Crippen LogP) is 2.08. The Morgan fingerprint density at radius 2 is 1.85 bits per heavy atom. The molecule has 3 heteroatoms. The smallest absolute Gasteiger partial charge is 0.304 e. The molecule has 0 aliphatic heterocycles. The van der Waals surface area contributed by atoms with Crippen LogP contribution in [0.25, 0.3) is 0 Å². The van der Waals surface area contributed by atoms with E-state index in [9.17, 15) is 4.79 Å². The van der Waals surface area contributed by atoms with E-state index in [0.717, 1.165) is 19.3 Å². The molecule has 0 aliphatic carbocycles. The zero-order valence-corrected chi connectivity index (χ0v) is 8.75. The molecular weight excluding hydrogens is 168 g/mol. The summed E-state index contributed by atoms with van der Waals surface area (Å²) in [6.07, 6.45) is 2.78. The zero-order chi connectivity index (χ0) is 10.3. The van der Waals surface area contributed by atoms with Gasteiger partial charge in [0.15, 0.2) is 0 Å². The van der Waals surface area contributed by atoms with Crippen molar-refractivity contribution in [2.45, 2.75) is 52.7 Å². The molecule has 0 bridgehead atoms. The van der Waals surface area contributed by atoms with Gasteiger partial charge in [-0.05, 0) is 12.3 Å². The van der Waals surface area contributed by atoms with Crippen LogP contribution in [-0.4, -0.2) is 17.4 Å². The van der Waals surface area contributed by atoms with Gasteiger partial charge in [-0.15, -0.1) is 0 Å². The van der Waals surface area contributed by atoms with Gasteiger partial charge in [-0.2, -0.15) is 0 Å². The van der Waals surface area contributed by atoms with Crippen LogP contribution in [0, 0.1) is 5.92 Å². The topological polar surface area (TPSA) is 46.5 Å². The van der Waals surface area contributed by atoms with Gasteiger partial charge in [0.2, 0.25) is 6.29 Å². The van der Waals surface area contributed by atoms with Crippen molar-refractivity contribution in [2.24, 2.45) is 5.92 Å². The Hall–Kier alpha value is -0.570. The van der Waals surface area contributed by atoms with Crippen molar-refractivity contribution < 1.29 is 14.6 Å². The van der Waals surface area contributed by atoms with Gasteiger partial charge < -0.3 is 9.84 Å². The molecule has 0 heterocycles. The van der Waals surface area contributed by atoms with Crippen LogP contribution < -0.4 is 0 Å². The average molecular weight is 188 g/mol. The van der Waals surface area contributed by atoms with Crippen LogP contribution in [-0.2, 0) is 9.53 Å². The molecule has 0 aromatic heterocycles. The fraction of sp³-hybridized carbons (Fsp3) is 0.900. The molecule has 3 nitrogen and oxygen atoms in total. The molecule has 0 spiro atoms. The van der Waals surface area contributed by atoms with Gasteiger partial charge >= 0.3 is 5.97 Å². The lowest BCUT2D eigenvalue weighted by Crippen LogP contribution is -2.15. The normalized spacial score (nSPS) is 13.0. The number of aliphatic hydroxyl groups excluding tert-OH is 1. The number of esters is 1. The Morgan fingerprint density at radius 3 is 2.31 bits per heavy atom. The summed E-state index contributed by atoms with van der Waals surface area (Å²) >= 11 is 0. The van der Waals surface area contributed by atoms with Gasteiger partial charge in [0.1, 0.15) is 0 Å². The molecule has 13 heavy (non-hydrogen) atoms. The van der Waals surface area contributed by atoms with E-state index in [-0.39, 0.29) is 0 Å². The molecule has 0 radical (unpaired) electrons. The monoisotopic (exact) mass is 188 g/mol. The van der Waals surface area contributed by atoms with Crippen LogP contribution >= 0.6 is 0 Å². The third-order valence-electron chi connectivity index (χ3n) is 1.78. The molecular formula is C10H20O3. The SMILES string of the molecule is CC(=O)OC(O)CCCCC(C)C. The van der Waals surface area contributed by atoms with Crippen molar-refractivity contribution in [3.05, 3.63) is 0 Å². The van der Waals surface area contributed by atoms with E-state index < -0.39 is 12.3 Å². The van der Waals surface area contributed by atoms with Crippen molar-refractivity contribution in [1.29, 1.82) is 0 Å². The highest BCUT2D eigenvalue weighted by Gasteiger charge is 2.06. The standard InChI is InChI=1S/C10H20O3/c1-8(2)6-4-5-7-10(12)13-9(3)11/h8,10,12H,4-7H2,1-3H3. The summed E-state index contributed by atoms with van der Waals surface area (Å²) in [6.45, 7) is 5.64. The first kappa shape index (κ1) is 12.4. The first-order chi connectivity index (χ1) is 6.02. The molecule has 0 amide bonds. The van der Waals surface area contributed by atoms with Gasteiger partial charge in [0, 0.05) is 13.3 Å². The molecule has 0 saturated heterocycles. The number of unbranched alkanes of at least 4 members (excludes halogenated alkanes) is 1. The Kier molecular flexibility index (Phi) is 6.59.